The summed E-state index contributed by atoms with van der Waals surface area (Å²) in [6.45, 7) is 1.63. The molecule has 7 nitrogen and oxygen atoms in total. The average molecular weight is 610 g/mol. The minimum absolute atomic E-state index is 0.0199. The van der Waals surface area contributed by atoms with Gasteiger partial charge in [-0.3, -0.25) is 19.3 Å². The fraction of sp³-hybridized carbons (Fsp3) is 0.118. The lowest BCUT2D eigenvalue weighted by Gasteiger charge is -2.27. The van der Waals surface area contributed by atoms with Gasteiger partial charge in [0.25, 0.3) is 11.8 Å². The van der Waals surface area contributed by atoms with E-state index < -0.39 is 24.3 Å². The molecule has 4 aromatic carbocycles. The van der Waals surface area contributed by atoms with Crippen molar-refractivity contribution in [2.75, 3.05) is 11.4 Å². The summed E-state index contributed by atoms with van der Waals surface area (Å²) in [5.74, 6) is -0.933. The standard InChI is InChI=1S/C34H25Cl2N3O4/c1-21-14-15-23-10-7-13-29(32(23)37-21)43-20-26-27(35)16-17-28(31(26)36)38(18-22-8-3-2-4-9-22)30(40)19-39-33(41)24-11-5-6-12-25(24)34(39)42/h2-17H,18-20H2,1H3. The van der Waals surface area contributed by atoms with E-state index in [1.807, 2.05) is 67.6 Å². The summed E-state index contributed by atoms with van der Waals surface area (Å²) in [5, 5.41) is 1.52. The van der Waals surface area contributed by atoms with Crippen LogP contribution in [-0.2, 0) is 17.9 Å². The van der Waals surface area contributed by atoms with Gasteiger partial charge >= 0.3 is 0 Å². The van der Waals surface area contributed by atoms with Gasteiger partial charge in [0.15, 0.2) is 0 Å². The number of carbonyl (C=O) groups is 3. The van der Waals surface area contributed by atoms with Gasteiger partial charge in [-0.1, -0.05) is 83.9 Å². The van der Waals surface area contributed by atoms with Crippen molar-refractivity contribution in [2.24, 2.45) is 0 Å². The highest BCUT2D eigenvalue weighted by Crippen LogP contribution is 2.37. The number of carbonyl (C=O) groups excluding carboxylic acids is 3. The molecule has 2 heterocycles. The lowest BCUT2D eigenvalue weighted by atomic mass is 10.1. The van der Waals surface area contributed by atoms with E-state index in [4.69, 9.17) is 27.9 Å². The van der Waals surface area contributed by atoms with Gasteiger partial charge in [-0.2, -0.15) is 0 Å². The van der Waals surface area contributed by atoms with Crippen molar-refractivity contribution in [3.05, 3.63) is 135 Å². The molecule has 0 saturated heterocycles. The van der Waals surface area contributed by atoms with E-state index >= 15 is 0 Å². The number of ether oxygens (including phenoxy) is 1. The Labute approximate surface area is 258 Å². The zero-order valence-corrected chi connectivity index (χ0v) is 24.6. The summed E-state index contributed by atoms with van der Waals surface area (Å²) in [5.41, 5.74) is 3.81. The molecule has 0 aliphatic carbocycles. The molecule has 1 aliphatic rings. The van der Waals surface area contributed by atoms with Crippen LogP contribution in [-0.4, -0.2) is 34.2 Å². The number of fused-ring (bicyclic) bond motifs is 2. The Hall–Kier alpha value is -4.72. The molecule has 43 heavy (non-hydrogen) atoms. The number of hydrogen-bond donors (Lipinski definition) is 0. The lowest BCUT2D eigenvalue weighted by Crippen LogP contribution is -2.42. The monoisotopic (exact) mass is 609 g/mol. The molecular weight excluding hydrogens is 585 g/mol. The van der Waals surface area contributed by atoms with Crippen molar-refractivity contribution in [3.63, 3.8) is 0 Å². The van der Waals surface area contributed by atoms with Crippen molar-refractivity contribution >= 4 is 57.5 Å². The van der Waals surface area contributed by atoms with E-state index in [9.17, 15) is 14.4 Å². The Balaban J connectivity index is 1.32. The predicted molar refractivity (Wildman–Crippen MR) is 167 cm³/mol. The first-order valence-electron chi connectivity index (χ1n) is 13.6. The molecule has 3 amide bonds. The van der Waals surface area contributed by atoms with Crippen LogP contribution >= 0.6 is 23.2 Å². The van der Waals surface area contributed by atoms with Gasteiger partial charge in [0.1, 0.15) is 24.4 Å². The zero-order chi connectivity index (χ0) is 30.1. The summed E-state index contributed by atoms with van der Waals surface area (Å²) in [6, 6.07) is 28.8. The van der Waals surface area contributed by atoms with Crippen molar-refractivity contribution in [2.45, 2.75) is 20.1 Å². The predicted octanol–water partition coefficient (Wildman–Crippen LogP) is 7.26. The third kappa shape index (κ3) is 5.57. The van der Waals surface area contributed by atoms with Crippen LogP contribution in [0.4, 0.5) is 5.69 Å². The molecule has 9 heteroatoms. The van der Waals surface area contributed by atoms with E-state index in [0.717, 1.165) is 21.5 Å². The number of aromatic nitrogens is 1. The highest BCUT2D eigenvalue weighted by Gasteiger charge is 2.37. The van der Waals surface area contributed by atoms with Crippen molar-refractivity contribution in [1.82, 2.24) is 9.88 Å². The van der Waals surface area contributed by atoms with E-state index in [1.165, 1.54) is 4.90 Å². The Bertz CT molecular complexity index is 1860. The van der Waals surface area contributed by atoms with Gasteiger partial charge < -0.3 is 9.64 Å². The van der Waals surface area contributed by atoms with Crippen molar-refractivity contribution in [3.8, 4) is 5.75 Å². The Kier molecular flexibility index (Phi) is 7.84. The number of benzene rings is 4. The summed E-state index contributed by atoms with van der Waals surface area (Å²) >= 11 is 13.6. The molecule has 214 valence electrons. The second-order valence-corrected chi connectivity index (χ2v) is 10.9. The van der Waals surface area contributed by atoms with Crippen LogP contribution in [0.1, 0.15) is 37.5 Å². The zero-order valence-electron chi connectivity index (χ0n) is 23.1. The van der Waals surface area contributed by atoms with Crippen LogP contribution < -0.4 is 9.64 Å². The SMILES string of the molecule is Cc1ccc2cccc(OCc3c(Cl)ccc(N(Cc4ccccc4)C(=O)CN4C(=O)c5ccccc5C4=O)c3Cl)c2n1. The number of pyridine rings is 1. The van der Waals surface area contributed by atoms with Crippen molar-refractivity contribution in [1.29, 1.82) is 0 Å². The summed E-state index contributed by atoms with van der Waals surface area (Å²) in [4.78, 5) is 47.0. The molecule has 5 aromatic rings. The second-order valence-electron chi connectivity index (χ2n) is 10.1. The molecular formula is C34H25Cl2N3O4. The van der Waals surface area contributed by atoms with E-state index in [2.05, 4.69) is 4.98 Å². The highest BCUT2D eigenvalue weighted by molar-refractivity contribution is 6.38. The molecule has 6 rings (SSSR count). The van der Waals surface area contributed by atoms with E-state index in [1.54, 1.807) is 36.4 Å². The third-order valence-electron chi connectivity index (χ3n) is 7.31. The summed E-state index contributed by atoms with van der Waals surface area (Å²) in [7, 11) is 0. The number of hydrogen-bond acceptors (Lipinski definition) is 5. The average Bonchev–Trinajstić information content (AvgIpc) is 3.25. The number of amides is 3. The fourth-order valence-corrected chi connectivity index (χ4v) is 5.67. The van der Waals surface area contributed by atoms with Crippen LogP contribution in [0.3, 0.4) is 0 Å². The second kappa shape index (κ2) is 11.9. The Morgan fingerprint density at radius 2 is 1.53 bits per heavy atom. The van der Waals surface area contributed by atoms with Gasteiger partial charge in [-0.25, -0.2) is 4.98 Å². The van der Waals surface area contributed by atoms with Crippen LogP contribution in [0.25, 0.3) is 10.9 Å². The van der Waals surface area contributed by atoms with Crippen LogP contribution in [0.2, 0.25) is 10.0 Å². The molecule has 0 fully saturated rings. The van der Waals surface area contributed by atoms with E-state index in [0.29, 0.717) is 27.5 Å². The quantitative estimate of drug-likeness (QED) is 0.173. The molecule has 1 aliphatic heterocycles. The molecule has 0 N–H and O–H groups in total. The Morgan fingerprint density at radius 1 is 0.837 bits per heavy atom. The van der Waals surface area contributed by atoms with Gasteiger partial charge in [-0.15, -0.1) is 0 Å². The summed E-state index contributed by atoms with van der Waals surface area (Å²) < 4.78 is 6.17. The van der Waals surface area contributed by atoms with Crippen LogP contribution in [0, 0.1) is 6.92 Å². The normalized spacial score (nSPS) is 12.5. The number of nitrogens with zero attached hydrogens (tertiary/aromatic N) is 3. The number of para-hydroxylation sites is 1. The smallest absolute Gasteiger partial charge is 0.262 e. The topological polar surface area (TPSA) is 79.8 Å². The van der Waals surface area contributed by atoms with E-state index in [-0.39, 0.29) is 29.3 Å². The largest absolute Gasteiger partial charge is 0.487 e. The number of anilines is 1. The molecule has 0 bridgehead atoms. The molecule has 0 unspecified atom stereocenters. The first-order chi connectivity index (χ1) is 20.8. The first kappa shape index (κ1) is 28.4. The fourth-order valence-electron chi connectivity index (χ4n) is 5.09. The number of halogens is 2. The maximum absolute atomic E-state index is 13.9. The summed E-state index contributed by atoms with van der Waals surface area (Å²) in [6.07, 6.45) is 0. The van der Waals surface area contributed by atoms with Crippen molar-refractivity contribution < 1.29 is 19.1 Å². The minimum atomic E-state index is -0.510. The van der Waals surface area contributed by atoms with Gasteiger partial charge in [-0.05, 0) is 48.9 Å². The molecule has 1 aromatic heterocycles. The van der Waals surface area contributed by atoms with Gasteiger partial charge in [0, 0.05) is 21.7 Å². The number of aryl methyl sites for hydroxylation is 1. The molecule has 0 saturated carbocycles. The number of imide groups is 1. The van der Waals surface area contributed by atoms with Gasteiger partial charge in [0.05, 0.1) is 28.4 Å². The third-order valence-corrected chi connectivity index (χ3v) is 8.08. The maximum Gasteiger partial charge on any atom is 0.262 e. The lowest BCUT2D eigenvalue weighted by molar-refractivity contribution is -0.119. The first-order valence-corrected chi connectivity index (χ1v) is 14.3. The maximum atomic E-state index is 13.9. The highest BCUT2D eigenvalue weighted by atomic mass is 35.5. The number of rotatable bonds is 8. The molecule has 0 atom stereocenters. The van der Waals surface area contributed by atoms with Crippen LogP contribution in [0.15, 0.2) is 97.1 Å². The van der Waals surface area contributed by atoms with Crippen LogP contribution in [0.5, 0.6) is 5.75 Å². The molecule has 0 spiro atoms. The minimum Gasteiger partial charge on any atom is -0.487 e. The molecule has 0 radical (unpaired) electrons. The van der Waals surface area contributed by atoms with Gasteiger partial charge in [0.2, 0.25) is 5.91 Å². The Morgan fingerprint density at radius 3 is 2.26 bits per heavy atom.